The molecular formula is C15H15ClO2S. The molecule has 1 N–H and O–H groups in total. The van der Waals surface area contributed by atoms with Gasteiger partial charge in [0.05, 0.1) is 0 Å². The lowest BCUT2D eigenvalue weighted by molar-refractivity contribution is 0.0701. The molecule has 2 rings (SSSR count). The summed E-state index contributed by atoms with van der Waals surface area (Å²) in [5.41, 5.74) is 3.07. The van der Waals surface area contributed by atoms with Crippen molar-refractivity contribution in [1.82, 2.24) is 0 Å². The third-order valence-electron chi connectivity index (χ3n) is 3.35. The molecule has 0 spiro atoms. The van der Waals surface area contributed by atoms with Gasteiger partial charge in [0.15, 0.2) is 0 Å². The maximum atomic E-state index is 11.2. The van der Waals surface area contributed by atoms with E-state index in [-0.39, 0.29) is 5.92 Å². The maximum Gasteiger partial charge on any atom is 0.346 e. The van der Waals surface area contributed by atoms with E-state index in [0.717, 1.165) is 21.6 Å². The summed E-state index contributed by atoms with van der Waals surface area (Å²) in [6.45, 7) is 5.93. The third kappa shape index (κ3) is 2.67. The van der Waals surface area contributed by atoms with Crippen LogP contribution in [0.15, 0.2) is 24.3 Å². The third-order valence-corrected chi connectivity index (χ3v) is 4.80. The lowest BCUT2D eigenvalue weighted by Gasteiger charge is -2.14. The van der Waals surface area contributed by atoms with Gasteiger partial charge in [0.2, 0.25) is 0 Å². The zero-order chi connectivity index (χ0) is 14.2. The summed E-state index contributed by atoms with van der Waals surface area (Å²) in [4.78, 5) is 12.7. The second-order valence-electron chi connectivity index (χ2n) is 4.61. The van der Waals surface area contributed by atoms with Crippen molar-refractivity contribution in [2.75, 3.05) is 0 Å². The lowest BCUT2D eigenvalue weighted by Crippen LogP contribution is -2.01. The Hall–Kier alpha value is -1.32. The number of carboxylic acid groups (broad SMARTS) is 1. The molecular weight excluding hydrogens is 280 g/mol. The van der Waals surface area contributed by atoms with Gasteiger partial charge in [-0.1, -0.05) is 30.7 Å². The maximum absolute atomic E-state index is 11.2. The number of aromatic carboxylic acids is 1. The van der Waals surface area contributed by atoms with Gasteiger partial charge in [-0.3, -0.25) is 0 Å². The molecule has 2 aromatic rings. The Morgan fingerprint density at radius 2 is 2.05 bits per heavy atom. The molecule has 0 fully saturated rings. The molecule has 1 heterocycles. The van der Waals surface area contributed by atoms with Crippen LogP contribution in [-0.2, 0) is 0 Å². The van der Waals surface area contributed by atoms with Crippen molar-refractivity contribution in [3.63, 3.8) is 0 Å². The van der Waals surface area contributed by atoms with Crippen molar-refractivity contribution < 1.29 is 9.90 Å². The van der Waals surface area contributed by atoms with Gasteiger partial charge in [0, 0.05) is 15.8 Å². The molecule has 0 aliphatic carbocycles. The molecule has 0 bridgehead atoms. The van der Waals surface area contributed by atoms with Crippen molar-refractivity contribution in [3.8, 4) is 0 Å². The van der Waals surface area contributed by atoms with Crippen LogP contribution in [0.1, 0.15) is 44.1 Å². The highest BCUT2D eigenvalue weighted by atomic mass is 35.5. The van der Waals surface area contributed by atoms with Gasteiger partial charge < -0.3 is 5.11 Å². The van der Waals surface area contributed by atoms with Crippen molar-refractivity contribution in [2.45, 2.75) is 26.7 Å². The number of aryl methyl sites for hydroxylation is 1. The molecule has 0 aliphatic heterocycles. The number of benzene rings is 1. The molecule has 100 valence electrons. The zero-order valence-corrected chi connectivity index (χ0v) is 12.6. The fourth-order valence-electron chi connectivity index (χ4n) is 2.45. The minimum atomic E-state index is -0.852. The summed E-state index contributed by atoms with van der Waals surface area (Å²) in [6.07, 6.45) is 0. The van der Waals surface area contributed by atoms with Crippen molar-refractivity contribution in [3.05, 3.63) is 55.7 Å². The predicted molar refractivity (Wildman–Crippen MR) is 79.7 cm³/mol. The molecule has 4 heteroatoms. The smallest absolute Gasteiger partial charge is 0.346 e. The Morgan fingerprint density at radius 3 is 2.58 bits per heavy atom. The first-order chi connectivity index (χ1) is 8.91. The summed E-state index contributed by atoms with van der Waals surface area (Å²) in [6, 6.07) is 7.72. The second-order valence-corrected chi connectivity index (χ2v) is 6.27. The van der Waals surface area contributed by atoms with Crippen LogP contribution in [0, 0.1) is 13.8 Å². The SMILES string of the molecule is Cc1sc(C(=O)O)c(C)c1C(C)c1cccc(Cl)c1. The van der Waals surface area contributed by atoms with Crippen LogP contribution in [-0.4, -0.2) is 11.1 Å². The number of thiophene rings is 1. The van der Waals surface area contributed by atoms with E-state index in [1.165, 1.54) is 11.3 Å². The van der Waals surface area contributed by atoms with E-state index in [2.05, 4.69) is 6.92 Å². The van der Waals surface area contributed by atoms with Crippen molar-refractivity contribution in [2.24, 2.45) is 0 Å². The molecule has 1 atom stereocenters. The second kappa shape index (κ2) is 5.35. The molecule has 0 aliphatic rings. The summed E-state index contributed by atoms with van der Waals surface area (Å²) < 4.78 is 0. The van der Waals surface area contributed by atoms with Crippen LogP contribution in [0.4, 0.5) is 0 Å². The van der Waals surface area contributed by atoms with E-state index >= 15 is 0 Å². The van der Waals surface area contributed by atoms with Crippen molar-refractivity contribution in [1.29, 1.82) is 0 Å². The van der Waals surface area contributed by atoms with E-state index in [4.69, 9.17) is 11.6 Å². The minimum Gasteiger partial charge on any atom is -0.477 e. The Morgan fingerprint density at radius 1 is 1.37 bits per heavy atom. The highest BCUT2D eigenvalue weighted by Crippen LogP contribution is 2.36. The number of hydrogen-bond acceptors (Lipinski definition) is 2. The quantitative estimate of drug-likeness (QED) is 0.877. The highest BCUT2D eigenvalue weighted by molar-refractivity contribution is 7.14. The summed E-state index contributed by atoms with van der Waals surface area (Å²) in [5, 5.41) is 9.89. The average Bonchev–Trinajstić information content (AvgIpc) is 2.64. The van der Waals surface area contributed by atoms with Crippen molar-refractivity contribution >= 4 is 28.9 Å². The van der Waals surface area contributed by atoms with Crippen LogP contribution in [0.3, 0.4) is 0 Å². The Kier molecular flexibility index (Phi) is 3.97. The zero-order valence-electron chi connectivity index (χ0n) is 11.0. The highest BCUT2D eigenvalue weighted by Gasteiger charge is 2.22. The van der Waals surface area contributed by atoms with E-state index in [0.29, 0.717) is 9.90 Å². The van der Waals surface area contributed by atoms with Crippen LogP contribution < -0.4 is 0 Å². The Bertz CT molecular complexity index is 631. The predicted octanol–water partition coefficient (Wildman–Crippen LogP) is 4.87. The van der Waals surface area contributed by atoms with Gasteiger partial charge in [-0.15, -0.1) is 11.3 Å². The van der Waals surface area contributed by atoms with Gasteiger partial charge in [0.1, 0.15) is 4.88 Å². The number of carbonyl (C=O) groups is 1. The summed E-state index contributed by atoms with van der Waals surface area (Å²) in [7, 11) is 0. The molecule has 2 nitrogen and oxygen atoms in total. The molecule has 0 saturated heterocycles. The molecule has 0 radical (unpaired) electrons. The Balaban J connectivity index is 2.50. The van der Waals surface area contributed by atoms with Crippen LogP contribution in [0.2, 0.25) is 5.02 Å². The topological polar surface area (TPSA) is 37.3 Å². The number of carboxylic acids is 1. The fourth-order valence-corrected chi connectivity index (χ4v) is 3.74. The molecule has 0 saturated carbocycles. The number of hydrogen-bond donors (Lipinski definition) is 1. The summed E-state index contributed by atoms with van der Waals surface area (Å²) >= 11 is 7.36. The minimum absolute atomic E-state index is 0.142. The molecule has 1 aromatic heterocycles. The first-order valence-corrected chi connectivity index (χ1v) is 7.20. The largest absolute Gasteiger partial charge is 0.477 e. The van der Waals surface area contributed by atoms with E-state index in [9.17, 15) is 9.90 Å². The number of halogens is 1. The molecule has 19 heavy (non-hydrogen) atoms. The van der Waals surface area contributed by atoms with Crippen LogP contribution in [0.5, 0.6) is 0 Å². The fraction of sp³-hybridized carbons (Fsp3) is 0.267. The summed E-state index contributed by atoms with van der Waals surface area (Å²) in [5.74, 6) is -0.710. The lowest BCUT2D eigenvalue weighted by atomic mass is 9.90. The van der Waals surface area contributed by atoms with Gasteiger partial charge in [-0.05, 0) is 42.7 Å². The molecule has 0 amide bonds. The molecule has 1 aromatic carbocycles. The standard InChI is InChI=1S/C15H15ClO2S/c1-8(11-5-4-6-12(16)7-11)13-9(2)14(15(17)18)19-10(13)3/h4-8H,1-3H3,(H,17,18). The van der Waals surface area contributed by atoms with Gasteiger partial charge >= 0.3 is 5.97 Å². The van der Waals surface area contributed by atoms with E-state index < -0.39 is 5.97 Å². The first kappa shape index (κ1) is 14.1. The number of rotatable bonds is 3. The first-order valence-electron chi connectivity index (χ1n) is 6.00. The average molecular weight is 295 g/mol. The van der Waals surface area contributed by atoms with Crippen LogP contribution in [0.25, 0.3) is 0 Å². The van der Waals surface area contributed by atoms with E-state index in [1.807, 2.05) is 38.1 Å². The van der Waals surface area contributed by atoms with E-state index in [1.54, 1.807) is 0 Å². The Labute approximate surface area is 121 Å². The van der Waals surface area contributed by atoms with Gasteiger partial charge in [-0.2, -0.15) is 0 Å². The monoisotopic (exact) mass is 294 g/mol. The van der Waals surface area contributed by atoms with Crippen LogP contribution >= 0.6 is 22.9 Å². The van der Waals surface area contributed by atoms with Gasteiger partial charge in [-0.25, -0.2) is 4.79 Å². The molecule has 1 unspecified atom stereocenters. The normalized spacial score (nSPS) is 12.4. The van der Waals surface area contributed by atoms with Gasteiger partial charge in [0.25, 0.3) is 0 Å².